The Labute approximate surface area is 106 Å². The summed E-state index contributed by atoms with van der Waals surface area (Å²) >= 11 is 0. The summed E-state index contributed by atoms with van der Waals surface area (Å²) in [7, 11) is 3.31. The standard InChI is InChI=1S/C11H18FN5O/c1-4-8-9(12)10(16-7-15-8)13-5-6-14-11(18)17(2)3/h7H,4-6H2,1-3H3,(H,14,18)(H,13,15,16). The molecular formula is C11H18FN5O. The van der Waals surface area contributed by atoms with Crippen LogP contribution in [0.5, 0.6) is 0 Å². The molecule has 100 valence electrons. The molecule has 0 spiro atoms. The van der Waals surface area contributed by atoms with Crippen LogP contribution >= 0.6 is 0 Å². The molecule has 1 rings (SSSR count). The number of carbonyl (C=O) groups is 1. The van der Waals surface area contributed by atoms with Crippen molar-refractivity contribution in [3.8, 4) is 0 Å². The van der Waals surface area contributed by atoms with Crippen molar-refractivity contribution in [1.29, 1.82) is 0 Å². The summed E-state index contributed by atoms with van der Waals surface area (Å²) < 4.78 is 13.7. The lowest BCUT2D eigenvalue weighted by Crippen LogP contribution is -2.37. The summed E-state index contributed by atoms with van der Waals surface area (Å²) in [4.78, 5) is 20.3. The van der Waals surface area contributed by atoms with Crippen LogP contribution in [0.15, 0.2) is 6.33 Å². The number of nitrogens with one attached hydrogen (secondary N) is 2. The number of hydrogen-bond donors (Lipinski definition) is 2. The van der Waals surface area contributed by atoms with Gasteiger partial charge in [0.15, 0.2) is 11.6 Å². The minimum absolute atomic E-state index is 0.168. The Morgan fingerprint density at radius 2 is 2.11 bits per heavy atom. The van der Waals surface area contributed by atoms with E-state index in [4.69, 9.17) is 0 Å². The number of hydrogen-bond acceptors (Lipinski definition) is 4. The average Bonchev–Trinajstić information content (AvgIpc) is 2.35. The third kappa shape index (κ3) is 3.83. The molecule has 0 saturated heterocycles. The molecule has 1 aromatic heterocycles. The number of halogens is 1. The van der Waals surface area contributed by atoms with E-state index in [0.717, 1.165) is 0 Å². The molecule has 0 fully saturated rings. The monoisotopic (exact) mass is 255 g/mol. The zero-order valence-electron chi connectivity index (χ0n) is 10.8. The Morgan fingerprint density at radius 3 is 2.72 bits per heavy atom. The molecule has 1 heterocycles. The Morgan fingerprint density at radius 1 is 1.39 bits per heavy atom. The second-order valence-corrected chi connectivity index (χ2v) is 3.89. The van der Waals surface area contributed by atoms with Gasteiger partial charge in [0.2, 0.25) is 0 Å². The molecule has 0 unspecified atom stereocenters. The number of anilines is 1. The maximum atomic E-state index is 13.7. The van der Waals surface area contributed by atoms with Crippen LogP contribution in [-0.2, 0) is 6.42 Å². The number of amides is 2. The van der Waals surface area contributed by atoms with Gasteiger partial charge in [-0.15, -0.1) is 0 Å². The predicted molar refractivity (Wildman–Crippen MR) is 66.9 cm³/mol. The van der Waals surface area contributed by atoms with Crippen LogP contribution < -0.4 is 10.6 Å². The van der Waals surface area contributed by atoms with Gasteiger partial charge in [-0.1, -0.05) is 6.92 Å². The summed E-state index contributed by atoms with van der Waals surface area (Å²) in [6, 6.07) is -0.186. The van der Waals surface area contributed by atoms with Crippen molar-refractivity contribution in [3.63, 3.8) is 0 Å². The largest absolute Gasteiger partial charge is 0.366 e. The van der Waals surface area contributed by atoms with Crippen LogP contribution in [-0.4, -0.2) is 48.1 Å². The van der Waals surface area contributed by atoms with Crippen molar-refractivity contribution in [2.45, 2.75) is 13.3 Å². The first-order valence-corrected chi connectivity index (χ1v) is 5.74. The van der Waals surface area contributed by atoms with E-state index >= 15 is 0 Å². The van der Waals surface area contributed by atoms with Gasteiger partial charge in [-0.2, -0.15) is 0 Å². The number of aromatic nitrogens is 2. The van der Waals surface area contributed by atoms with E-state index in [0.29, 0.717) is 25.2 Å². The van der Waals surface area contributed by atoms with Gasteiger partial charge in [0.05, 0.1) is 5.69 Å². The van der Waals surface area contributed by atoms with Gasteiger partial charge < -0.3 is 15.5 Å². The second kappa shape index (κ2) is 6.73. The number of nitrogens with zero attached hydrogens (tertiary/aromatic N) is 3. The van der Waals surface area contributed by atoms with Crippen molar-refractivity contribution >= 4 is 11.8 Å². The summed E-state index contributed by atoms with van der Waals surface area (Å²) in [5, 5.41) is 5.48. The predicted octanol–water partition coefficient (Wildman–Crippen LogP) is 0.861. The maximum Gasteiger partial charge on any atom is 0.316 e. The van der Waals surface area contributed by atoms with E-state index in [1.807, 2.05) is 6.92 Å². The molecule has 0 aliphatic heterocycles. The van der Waals surface area contributed by atoms with Crippen LogP contribution in [0.1, 0.15) is 12.6 Å². The third-order valence-electron chi connectivity index (χ3n) is 2.30. The highest BCUT2D eigenvalue weighted by molar-refractivity contribution is 5.73. The van der Waals surface area contributed by atoms with E-state index in [1.165, 1.54) is 11.2 Å². The first-order chi connectivity index (χ1) is 8.56. The lowest BCUT2D eigenvalue weighted by Gasteiger charge is -2.12. The van der Waals surface area contributed by atoms with Crippen molar-refractivity contribution in [2.24, 2.45) is 0 Å². The Bertz CT molecular complexity index is 410. The van der Waals surface area contributed by atoms with Gasteiger partial charge in [0.25, 0.3) is 0 Å². The molecule has 6 nitrogen and oxygen atoms in total. The third-order valence-corrected chi connectivity index (χ3v) is 2.30. The first kappa shape index (κ1) is 14.1. The van der Waals surface area contributed by atoms with E-state index in [-0.39, 0.29) is 11.8 Å². The smallest absolute Gasteiger partial charge is 0.316 e. The normalized spacial score (nSPS) is 10.0. The second-order valence-electron chi connectivity index (χ2n) is 3.89. The van der Waals surface area contributed by atoms with Gasteiger partial charge in [-0.25, -0.2) is 19.2 Å². The number of urea groups is 1. The highest BCUT2D eigenvalue weighted by atomic mass is 19.1. The van der Waals surface area contributed by atoms with Crippen LogP contribution in [0.4, 0.5) is 15.0 Å². The van der Waals surface area contributed by atoms with E-state index in [2.05, 4.69) is 20.6 Å². The van der Waals surface area contributed by atoms with Gasteiger partial charge in [0.1, 0.15) is 6.33 Å². The minimum atomic E-state index is -0.432. The minimum Gasteiger partial charge on any atom is -0.366 e. The fraction of sp³-hybridized carbons (Fsp3) is 0.545. The highest BCUT2D eigenvalue weighted by Crippen LogP contribution is 2.12. The summed E-state index contributed by atoms with van der Waals surface area (Å²) in [6.07, 6.45) is 1.84. The highest BCUT2D eigenvalue weighted by Gasteiger charge is 2.08. The summed E-state index contributed by atoms with van der Waals surface area (Å²) in [5.74, 6) is -0.264. The van der Waals surface area contributed by atoms with Gasteiger partial charge >= 0.3 is 6.03 Å². The molecule has 0 aliphatic carbocycles. The molecule has 0 aromatic carbocycles. The maximum absolute atomic E-state index is 13.7. The van der Waals surface area contributed by atoms with Crippen molar-refractivity contribution in [1.82, 2.24) is 20.2 Å². The summed E-state index contributed by atoms with van der Waals surface area (Å²) in [5.41, 5.74) is 0.379. The van der Waals surface area contributed by atoms with Gasteiger partial charge in [-0.3, -0.25) is 0 Å². The van der Waals surface area contributed by atoms with Crippen LogP contribution in [0.3, 0.4) is 0 Å². The van der Waals surface area contributed by atoms with Crippen molar-refractivity contribution in [2.75, 3.05) is 32.5 Å². The van der Waals surface area contributed by atoms with Crippen LogP contribution in [0.25, 0.3) is 0 Å². The first-order valence-electron chi connectivity index (χ1n) is 5.74. The van der Waals surface area contributed by atoms with Crippen molar-refractivity contribution < 1.29 is 9.18 Å². The number of aryl methyl sites for hydroxylation is 1. The summed E-state index contributed by atoms with van der Waals surface area (Å²) in [6.45, 7) is 2.62. The SMILES string of the molecule is CCc1ncnc(NCCNC(=O)N(C)C)c1F. The van der Waals surface area contributed by atoms with E-state index < -0.39 is 5.82 Å². The fourth-order valence-electron chi connectivity index (χ4n) is 1.28. The number of rotatable bonds is 5. The Hall–Kier alpha value is -1.92. The number of carbonyl (C=O) groups excluding carboxylic acids is 1. The molecule has 0 atom stereocenters. The van der Waals surface area contributed by atoms with Crippen LogP contribution in [0.2, 0.25) is 0 Å². The molecule has 1 aromatic rings. The molecule has 0 radical (unpaired) electrons. The van der Waals surface area contributed by atoms with E-state index in [9.17, 15) is 9.18 Å². The lowest BCUT2D eigenvalue weighted by atomic mass is 10.3. The lowest BCUT2D eigenvalue weighted by molar-refractivity contribution is 0.218. The van der Waals surface area contributed by atoms with E-state index in [1.54, 1.807) is 14.1 Å². The molecule has 0 aliphatic rings. The van der Waals surface area contributed by atoms with Gasteiger partial charge in [0, 0.05) is 27.2 Å². The fourth-order valence-corrected chi connectivity index (χ4v) is 1.28. The van der Waals surface area contributed by atoms with Crippen LogP contribution in [0, 0.1) is 5.82 Å². The van der Waals surface area contributed by atoms with Crippen molar-refractivity contribution in [3.05, 3.63) is 17.8 Å². The zero-order valence-corrected chi connectivity index (χ0v) is 10.8. The topological polar surface area (TPSA) is 70.1 Å². The quantitative estimate of drug-likeness (QED) is 0.766. The molecular weight excluding hydrogens is 237 g/mol. The molecule has 0 saturated carbocycles. The Balaban J connectivity index is 2.42. The molecule has 0 bridgehead atoms. The average molecular weight is 255 g/mol. The van der Waals surface area contributed by atoms with Gasteiger partial charge in [-0.05, 0) is 6.42 Å². The molecule has 18 heavy (non-hydrogen) atoms. The molecule has 2 N–H and O–H groups in total. The Kier molecular flexibility index (Phi) is 5.29. The molecule has 7 heteroatoms. The molecule has 2 amide bonds. The zero-order chi connectivity index (χ0) is 13.5.